The Morgan fingerprint density at radius 1 is 1.13 bits per heavy atom. The highest BCUT2D eigenvalue weighted by atomic mass is 32.2. The van der Waals surface area contributed by atoms with Crippen molar-refractivity contribution in [3.63, 3.8) is 0 Å². The van der Waals surface area contributed by atoms with Crippen LogP contribution in [0.1, 0.15) is 21.5 Å². The van der Waals surface area contributed by atoms with E-state index in [2.05, 4.69) is 15.3 Å². The number of aromatic nitrogens is 2. The number of nitrogens with zero attached hydrogens (tertiary/aromatic N) is 2. The van der Waals surface area contributed by atoms with Crippen LogP contribution in [0.25, 0.3) is 21.3 Å². The van der Waals surface area contributed by atoms with Gasteiger partial charge in [0.1, 0.15) is 22.0 Å². The van der Waals surface area contributed by atoms with E-state index in [1.54, 1.807) is 12.1 Å². The molecule has 0 aliphatic carbocycles. The van der Waals surface area contributed by atoms with Crippen LogP contribution in [0.3, 0.4) is 0 Å². The maximum atomic E-state index is 13.3. The molecule has 0 saturated carbocycles. The zero-order chi connectivity index (χ0) is 21.8. The molecule has 0 fully saturated rings. The molecule has 0 aliphatic rings. The van der Waals surface area contributed by atoms with Gasteiger partial charge in [0.05, 0.1) is 16.0 Å². The Morgan fingerprint density at radius 3 is 2.71 bits per heavy atom. The van der Waals surface area contributed by atoms with Crippen LogP contribution in [-0.4, -0.2) is 34.0 Å². The van der Waals surface area contributed by atoms with Gasteiger partial charge in [-0.05, 0) is 36.2 Å². The average Bonchev–Trinajstić information content (AvgIpc) is 3.40. The molecule has 3 heterocycles. The molecule has 31 heavy (non-hydrogen) atoms. The lowest BCUT2D eigenvalue weighted by Gasteiger charge is -2.05. The van der Waals surface area contributed by atoms with E-state index in [0.717, 1.165) is 31.2 Å². The van der Waals surface area contributed by atoms with Crippen molar-refractivity contribution in [3.05, 3.63) is 63.7 Å². The number of Topliss-reactive ketones (excluding diaryl/α,β-unsaturated/α-hetero) is 1. The number of hydrogen-bond acceptors (Lipinski definition) is 7. The molecule has 4 aromatic rings. The number of carbonyl (C=O) groups excluding carboxylic acids is 2. The van der Waals surface area contributed by atoms with E-state index in [1.165, 1.54) is 59.8 Å². The number of carbonyl (C=O) groups is 2. The first-order chi connectivity index (χ1) is 15.0. The van der Waals surface area contributed by atoms with Gasteiger partial charge >= 0.3 is 0 Å². The average molecular weight is 472 g/mol. The van der Waals surface area contributed by atoms with Gasteiger partial charge in [0.2, 0.25) is 5.91 Å². The van der Waals surface area contributed by atoms with Crippen molar-refractivity contribution in [2.45, 2.75) is 18.4 Å². The highest BCUT2D eigenvalue weighted by Crippen LogP contribution is 2.38. The zero-order valence-electron chi connectivity index (χ0n) is 16.6. The smallest absolute Gasteiger partial charge is 0.216 e. The molecule has 0 bridgehead atoms. The van der Waals surface area contributed by atoms with Gasteiger partial charge in [0.15, 0.2) is 5.78 Å². The quantitative estimate of drug-likeness (QED) is 0.217. The molecule has 0 saturated heterocycles. The fraction of sp³-hybridized carbons (Fsp3) is 0.182. The fourth-order valence-corrected chi connectivity index (χ4v) is 5.94. The van der Waals surface area contributed by atoms with Crippen molar-refractivity contribution in [3.8, 4) is 11.1 Å². The number of benzene rings is 1. The van der Waals surface area contributed by atoms with E-state index in [0.29, 0.717) is 17.8 Å². The molecular formula is C22H18FN3O2S3. The zero-order valence-corrected chi connectivity index (χ0v) is 19.0. The van der Waals surface area contributed by atoms with Crippen LogP contribution in [0.15, 0.2) is 53.1 Å². The third-order valence-electron chi connectivity index (χ3n) is 4.51. The van der Waals surface area contributed by atoms with Crippen LogP contribution in [-0.2, 0) is 11.2 Å². The minimum atomic E-state index is -0.285. The largest absolute Gasteiger partial charge is 0.356 e. The molecule has 1 amide bonds. The third kappa shape index (κ3) is 5.17. The van der Waals surface area contributed by atoms with E-state index in [-0.39, 0.29) is 23.3 Å². The minimum absolute atomic E-state index is 0.0334. The number of fused-ring (bicyclic) bond motifs is 1. The number of rotatable bonds is 8. The predicted molar refractivity (Wildman–Crippen MR) is 125 cm³/mol. The summed E-state index contributed by atoms with van der Waals surface area (Å²) in [5, 5.41) is 6.37. The number of halogens is 1. The van der Waals surface area contributed by atoms with E-state index in [1.807, 2.05) is 17.5 Å². The summed E-state index contributed by atoms with van der Waals surface area (Å²) in [4.78, 5) is 35.0. The SMILES string of the molecule is CC(=O)NCCc1ccc(C(=O)CSc2ncnc3scc(-c4ccc(F)cc4)c23)s1. The molecule has 3 aromatic heterocycles. The second-order valence-electron chi connectivity index (χ2n) is 6.73. The lowest BCUT2D eigenvalue weighted by Crippen LogP contribution is -2.22. The van der Waals surface area contributed by atoms with Crippen molar-refractivity contribution in [2.75, 3.05) is 12.3 Å². The predicted octanol–water partition coefficient (Wildman–Crippen LogP) is 5.21. The van der Waals surface area contributed by atoms with Crippen LogP contribution in [0, 0.1) is 5.82 Å². The first kappa shape index (κ1) is 21.6. The summed E-state index contributed by atoms with van der Waals surface area (Å²) in [5.41, 5.74) is 1.82. The van der Waals surface area contributed by atoms with Gasteiger partial charge in [-0.3, -0.25) is 9.59 Å². The molecule has 0 spiro atoms. The Bertz CT molecular complexity index is 1230. The normalized spacial score (nSPS) is 11.0. The summed E-state index contributed by atoms with van der Waals surface area (Å²) < 4.78 is 13.3. The van der Waals surface area contributed by atoms with Gasteiger partial charge in [-0.15, -0.1) is 22.7 Å². The Kier molecular flexibility index (Phi) is 6.74. The number of amides is 1. The molecule has 0 atom stereocenters. The standard InChI is InChI=1S/C22H18FN3O2S3/c1-13(27)24-9-8-16-6-7-19(31-16)18(28)11-30-22-20-17(10-29-21(20)25-12-26-22)14-2-4-15(23)5-3-14/h2-7,10,12H,8-9,11H2,1H3,(H,24,27). The fourth-order valence-electron chi connectivity index (χ4n) is 3.03. The Hall–Kier alpha value is -2.62. The van der Waals surface area contributed by atoms with E-state index in [4.69, 9.17) is 0 Å². The topological polar surface area (TPSA) is 72.0 Å². The Balaban J connectivity index is 1.48. The van der Waals surface area contributed by atoms with Crippen molar-refractivity contribution in [1.82, 2.24) is 15.3 Å². The van der Waals surface area contributed by atoms with Crippen LogP contribution < -0.4 is 5.32 Å². The first-order valence-electron chi connectivity index (χ1n) is 9.48. The van der Waals surface area contributed by atoms with Crippen LogP contribution in [0.2, 0.25) is 0 Å². The maximum Gasteiger partial charge on any atom is 0.216 e. The van der Waals surface area contributed by atoms with Gasteiger partial charge in [-0.1, -0.05) is 23.9 Å². The van der Waals surface area contributed by atoms with Crippen molar-refractivity contribution in [1.29, 1.82) is 0 Å². The molecule has 158 valence electrons. The number of thioether (sulfide) groups is 1. The molecule has 4 rings (SSSR count). The minimum Gasteiger partial charge on any atom is -0.356 e. The number of hydrogen-bond donors (Lipinski definition) is 1. The number of ketones is 1. The molecule has 0 aliphatic heterocycles. The molecule has 0 unspecified atom stereocenters. The van der Waals surface area contributed by atoms with E-state index < -0.39 is 0 Å². The highest BCUT2D eigenvalue weighted by Gasteiger charge is 2.16. The summed E-state index contributed by atoms with van der Waals surface area (Å²) in [6.07, 6.45) is 2.21. The Labute approximate surface area is 190 Å². The van der Waals surface area contributed by atoms with Gasteiger partial charge < -0.3 is 5.32 Å². The highest BCUT2D eigenvalue weighted by molar-refractivity contribution is 8.00. The van der Waals surface area contributed by atoms with Crippen molar-refractivity contribution >= 4 is 56.3 Å². The van der Waals surface area contributed by atoms with Crippen molar-refractivity contribution < 1.29 is 14.0 Å². The molecule has 1 N–H and O–H groups in total. The van der Waals surface area contributed by atoms with Gasteiger partial charge in [-0.25, -0.2) is 14.4 Å². The number of thiophene rings is 2. The summed E-state index contributed by atoms with van der Waals surface area (Å²) >= 11 is 4.34. The summed E-state index contributed by atoms with van der Waals surface area (Å²) in [7, 11) is 0. The maximum absolute atomic E-state index is 13.3. The van der Waals surface area contributed by atoms with Gasteiger partial charge in [-0.2, -0.15) is 0 Å². The third-order valence-corrected chi connectivity index (χ3v) is 7.57. The monoisotopic (exact) mass is 471 g/mol. The Morgan fingerprint density at radius 2 is 1.94 bits per heavy atom. The second kappa shape index (κ2) is 9.67. The molecule has 1 aromatic carbocycles. The van der Waals surface area contributed by atoms with Gasteiger partial charge in [0.25, 0.3) is 0 Å². The number of nitrogens with one attached hydrogen (secondary N) is 1. The van der Waals surface area contributed by atoms with Gasteiger partial charge in [0, 0.05) is 29.3 Å². The van der Waals surface area contributed by atoms with Crippen LogP contribution in [0.5, 0.6) is 0 Å². The summed E-state index contributed by atoms with van der Waals surface area (Å²) in [6.45, 7) is 2.04. The lowest BCUT2D eigenvalue weighted by molar-refractivity contribution is -0.118. The van der Waals surface area contributed by atoms with Crippen LogP contribution >= 0.6 is 34.4 Å². The molecule has 9 heteroatoms. The molecule has 5 nitrogen and oxygen atoms in total. The van der Waals surface area contributed by atoms with Crippen molar-refractivity contribution in [2.24, 2.45) is 0 Å². The summed E-state index contributed by atoms with van der Waals surface area (Å²) in [5.74, 6) is -0.0525. The van der Waals surface area contributed by atoms with E-state index >= 15 is 0 Å². The van der Waals surface area contributed by atoms with Crippen LogP contribution in [0.4, 0.5) is 4.39 Å². The lowest BCUT2D eigenvalue weighted by atomic mass is 10.1. The first-order valence-corrected chi connectivity index (χ1v) is 12.2. The molecule has 0 radical (unpaired) electrons. The molecular weight excluding hydrogens is 453 g/mol. The summed E-state index contributed by atoms with van der Waals surface area (Å²) in [6, 6.07) is 10.1. The van der Waals surface area contributed by atoms with E-state index in [9.17, 15) is 14.0 Å². The second-order valence-corrected chi connectivity index (χ2v) is 9.72.